The lowest BCUT2D eigenvalue weighted by Crippen LogP contribution is -2.14. The SMILES string of the molecule is CC(C)c1ncc2c(c1C#N)CCOC2. The zero-order valence-corrected chi connectivity index (χ0v) is 9.08. The van der Waals surface area contributed by atoms with E-state index in [0.717, 1.165) is 28.8 Å². The van der Waals surface area contributed by atoms with Crippen molar-refractivity contribution in [2.75, 3.05) is 6.61 Å². The van der Waals surface area contributed by atoms with Crippen LogP contribution in [0.15, 0.2) is 6.20 Å². The van der Waals surface area contributed by atoms with Gasteiger partial charge < -0.3 is 4.74 Å². The summed E-state index contributed by atoms with van der Waals surface area (Å²) in [6.07, 6.45) is 2.69. The van der Waals surface area contributed by atoms with E-state index in [1.165, 1.54) is 0 Å². The van der Waals surface area contributed by atoms with Crippen molar-refractivity contribution in [3.05, 3.63) is 28.6 Å². The van der Waals surface area contributed by atoms with Crippen molar-refractivity contribution in [2.45, 2.75) is 32.8 Å². The van der Waals surface area contributed by atoms with Crippen molar-refractivity contribution in [3.8, 4) is 6.07 Å². The number of aromatic nitrogens is 1. The smallest absolute Gasteiger partial charge is 0.101 e. The highest BCUT2D eigenvalue weighted by Gasteiger charge is 2.19. The van der Waals surface area contributed by atoms with E-state index in [0.29, 0.717) is 19.1 Å². The number of pyridine rings is 1. The van der Waals surface area contributed by atoms with Crippen LogP contribution >= 0.6 is 0 Å². The van der Waals surface area contributed by atoms with Gasteiger partial charge in [0, 0.05) is 11.8 Å². The molecule has 0 atom stereocenters. The van der Waals surface area contributed by atoms with Crippen LogP contribution in [0.25, 0.3) is 0 Å². The van der Waals surface area contributed by atoms with Crippen LogP contribution in [0.1, 0.15) is 42.1 Å². The third-order valence-electron chi connectivity index (χ3n) is 2.72. The van der Waals surface area contributed by atoms with E-state index in [4.69, 9.17) is 4.74 Å². The molecular formula is C12H14N2O. The molecule has 3 heteroatoms. The molecule has 1 aromatic rings. The molecule has 0 bridgehead atoms. The first kappa shape index (κ1) is 10.1. The minimum atomic E-state index is 0.299. The van der Waals surface area contributed by atoms with Gasteiger partial charge in [-0.2, -0.15) is 5.26 Å². The zero-order chi connectivity index (χ0) is 10.8. The maximum absolute atomic E-state index is 9.19. The lowest BCUT2D eigenvalue weighted by atomic mass is 9.94. The van der Waals surface area contributed by atoms with Gasteiger partial charge in [0.05, 0.1) is 24.5 Å². The van der Waals surface area contributed by atoms with Crippen LogP contribution in [0.5, 0.6) is 0 Å². The van der Waals surface area contributed by atoms with E-state index in [9.17, 15) is 5.26 Å². The summed E-state index contributed by atoms with van der Waals surface area (Å²) in [6, 6.07) is 2.29. The molecule has 0 saturated heterocycles. The Morgan fingerprint density at radius 2 is 2.33 bits per heavy atom. The number of nitrogens with zero attached hydrogens (tertiary/aromatic N) is 2. The molecule has 0 amide bonds. The number of fused-ring (bicyclic) bond motifs is 1. The fourth-order valence-electron chi connectivity index (χ4n) is 1.93. The quantitative estimate of drug-likeness (QED) is 0.701. The number of hydrogen-bond acceptors (Lipinski definition) is 3. The summed E-state index contributed by atoms with van der Waals surface area (Å²) in [5.74, 6) is 0.299. The van der Waals surface area contributed by atoms with Crippen LogP contribution in [0.2, 0.25) is 0 Å². The molecule has 0 radical (unpaired) electrons. The topological polar surface area (TPSA) is 45.9 Å². The predicted molar refractivity (Wildman–Crippen MR) is 56.4 cm³/mol. The van der Waals surface area contributed by atoms with Crippen molar-refractivity contribution in [2.24, 2.45) is 0 Å². The standard InChI is InChI=1S/C12H14N2O/c1-8(2)12-11(5-13)10-3-4-15-7-9(10)6-14-12/h6,8H,3-4,7H2,1-2H3. The van der Waals surface area contributed by atoms with E-state index >= 15 is 0 Å². The van der Waals surface area contributed by atoms with Gasteiger partial charge in [-0.05, 0) is 17.9 Å². The fourth-order valence-corrected chi connectivity index (χ4v) is 1.93. The Morgan fingerprint density at radius 1 is 1.53 bits per heavy atom. The summed E-state index contributed by atoms with van der Waals surface area (Å²) in [5.41, 5.74) is 3.90. The van der Waals surface area contributed by atoms with Gasteiger partial charge in [0.2, 0.25) is 0 Å². The molecule has 1 aliphatic heterocycles. The zero-order valence-electron chi connectivity index (χ0n) is 9.08. The molecule has 2 rings (SSSR count). The number of nitriles is 1. The summed E-state index contributed by atoms with van der Waals surface area (Å²) in [6.45, 7) is 5.43. The van der Waals surface area contributed by atoms with Crippen molar-refractivity contribution in [1.82, 2.24) is 4.98 Å². The molecule has 0 fully saturated rings. The lowest BCUT2D eigenvalue weighted by molar-refractivity contribution is 0.110. The number of rotatable bonds is 1. The molecule has 0 aromatic carbocycles. The molecule has 0 N–H and O–H groups in total. The van der Waals surface area contributed by atoms with Crippen molar-refractivity contribution in [3.63, 3.8) is 0 Å². The second-order valence-electron chi connectivity index (χ2n) is 4.09. The van der Waals surface area contributed by atoms with Crippen LogP contribution in [0, 0.1) is 11.3 Å². The van der Waals surface area contributed by atoms with Gasteiger partial charge in [-0.15, -0.1) is 0 Å². The Hall–Kier alpha value is -1.40. The van der Waals surface area contributed by atoms with E-state index in [2.05, 4.69) is 24.9 Å². The second-order valence-corrected chi connectivity index (χ2v) is 4.09. The Kier molecular flexibility index (Phi) is 2.70. The predicted octanol–water partition coefficient (Wildman–Crippen LogP) is 2.15. The van der Waals surface area contributed by atoms with Crippen LogP contribution in [0.4, 0.5) is 0 Å². The van der Waals surface area contributed by atoms with Crippen molar-refractivity contribution in [1.29, 1.82) is 5.26 Å². The number of ether oxygens (including phenoxy) is 1. The van der Waals surface area contributed by atoms with Gasteiger partial charge in [-0.3, -0.25) is 4.98 Å². The molecular weight excluding hydrogens is 188 g/mol. The Balaban J connectivity index is 2.58. The van der Waals surface area contributed by atoms with E-state index in [1.807, 2.05) is 6.20 Å². The van der Waals surface area contributed by atoms with E-state index < -0.39 is 0 Å². The maximum atomic E-state index is 9.19. The highest BCUT2D eigenvalue weighted by atomic mass is 16.5. The maximum Gasteiger partial charge on any atom is 0.101 e. The van der Waals surface area contributed by atoms with Gasteiger partial charge in [-0.25, -0.2) is 0 Å². The van der Waals surface area contributed by atoms with Crippen molar-refractivity contribution < 1.29 is 4.74 Å². The van der Waals surface area contributed by atoms with Gasteiger partial charge >= 0.3 is 0 Å². The minimum Gasteiger partial charge on any atom is -0.376 e. The van der Waals surface area contributed by atoms with E-state index in [-0.39, 0.29) is 0 Å². The first-order valence-corrected chi connectivity index (χ1v) is 5.22. The summed E-state index contributed by atoms with van der Waals surface area (Å²) in [5, 5.41) is 9.19. The molecule has 1 aliphatic rings. The first-order chi connectivity index (χ1) is 7.24. The average Bonchev–Trinajstić information content (AvgIpc) is 2.27. The molecule has 0 saturated carbocycles. The molecule has 0 spiro atoms. The van der Waals surface area contributed by atoms with Crippen LogP contribution in [-0.4, -0.2) is 11.6 Å². The summed E-state index contributed by atoms with van der Waals surface area (Å²) < 4.78 is 5.35. The summed E-state index contributed by atoms with van der Waals surface area (Å²) >= 11 is 0. The van der Waals surface area contributed by atoms with Crippen LogP contribution < -0.4 is 0 Å². The molecule has 15 heavy (non-hydrogen) atoms. The molecule has 0 aliphatic carbocycles. The van der Waals surface area contributed by atoms with Gasteiger partial charge in [0.1, 0.15) is 6.07 Å². The molecule has 2 heterocycles. The highest BCUT2D eigenvalue weighted by molar-refractivity contribution is 5.46. The Bertz CT molecular complexity index is 418. The summed E-state index contributed by atoms with van der Waals surface area (Å²) in [4.78, 5) is 4.36. The first-order valence-electron chi connectivity index (χ1n) is 5.22. The Morgan fingerprint density at radius 3 is 3.00 bits per heavy atom. The third kappa shape index (κ3) is 1.73. The van der Waals surface area contributed by atoms with Crippen molar-refractivity contribution >= 4 is 0 Å². The third-order valence-corrected chi connectivity index (χ3v) is 2.72. The van der Waals surface area contributed by atoms with Gasteiger partial charge in [-0.1, -0.05) is 13.8 Å². The van der Waals surface area contributed by atoms with E-state index in [1.54, 1.807) is 0 Å². The fraction of sp³-hybridized carbons (Fsp3) is 0.500. The van der Waals surface area contributed by atoms with Gasteiger partial charge in [0.25, 0.3) is 0 Å². The molecule has 3 nitrogen and oxygen atoms in total. The Labute approximate surface area is 89.7 Å². The van der Waals surface area contributed by atoms with Gasteiger partial charge in [0.15, 0.2) is 0 Å². The molecule has 78 valence electrons. The largest absolute Gasteiger partial charge is 0.376 e. The second kappa shape index (κ2) is 4.00. The minimum absolute atomic E-state index is 0.299. The van der Waals surface area contributed by atoms with Crippen LogP contribution in [0.3, 0.4) is 0 Å². The average molecular weight is 202 g/mol. The highest BCUT2D eigenvalue weighted by Crippen LogP contribution is 2.25. The molecule has 1 aromatic heterocycles. The lowest BCUT2D eigenvalue weighted by Gasteiger charge is -2.19. The monoisotopic (exact) mass is 202 g/mol. The van der Waals surface area contributed by atoms with Crippen LogP contribution in [-0.2, 0) is 17.8 Å². The molecule has 0 unspecified atom stereocenters. The summed E-state index contributed by atoms with van der Waals surface area (Å²) in [7, 11) is 0. The number of hydrogen-bond donors (Lipinski definition) is 0. The normalized spacial score (nSPS) is 14.8.